The fourth-order valence-electron chi connectivity index (χ4n) is 2.46. The normalized spacial score (nSPS) is 16.9. The minimum atomic E-state index is -1.14. The van der Waals surface area contributed by atoms with Gasteiger partial charge in [-0.25, -0.2) is 4.79 Å². The molecular weight excluding hydrogens is 358 g/mol. The predicted molar refractivity (Wildman–Crippen MR) is 97.2 cm³/mol. The van der Waals surface area contributed by atoms with E-state index >= 15 is 0 Å². The summed E-state index contributed by atoms with van der Waals surface area (Å²) >= 11 is 1.40. The number of nitrogens with one attached hydrogen (secondary N) is 2. The first-order valence-corrected chi connectivity index (χ1v) is 8.98. The van der Waals surface area contributed by atoms with Crippen molar-refractivity contribution >= 4 is 41.1 Å². The van der Waals surface area contributed by atoms with E-state index in [0.717, 1.165) is 4.90 Å². The number of anilines is 1. The predicted octanol–water partition coefficient (Wildman–Crippen LogP) is 1.17. The molecule has 26 heavy (non-hydrogen) atoms. The van der Waals surface area contributed by atoms with Crippen molar-refractivity contribution in [2.45, 2.75) is 37.0 Å². The van der Waals surface area contributed by atoms with Crippen LogP contribution in [0.4, 0.5) is 5.69 Å². The van der Waals surface area contributed by atoms with Crippen molar-refractivity contribution in [1.82, 2.24) is 10.2 Å². The van der Waals surface area contributed by atoms with Crippen LogP contribution in [0.1, 0.15) is 31.1 Å². The lowest BCUT2D eigenvalue weighted by atomic mass is 10.1. The third-order valence-corrected chi connectivity index (χ3v) is 5.15. The van der Waals surface area contributed by atoms with Crippen molar-refractivity contribution in [2.24, 2.45) is 0 Å². The van der Waals surface area contributed by atoms with Gasteiger partial charge in [0.15, 0.2) is 0 Å². The molecule has 3 amide bonds. The molecule has 1 aliphatic heterocycles. The molecule has 2 unspecified atom stereocenters. The summed E-state index contributed by atoms with van der Waals surface area (Å²) in [5, 5.41) is 14.4. The van der Waals surface area contributed by atoms with Crippen LogP contribution in [-0.4, -0.2) is 58.1 Å². The van der Waals surface area contributed by atoms with Crippen molar-refractivity contribution in [1.29, 1.82) is 0 Å². The maximum Gasteiger partial charge on any atom is 0.326 e. The van der Waals surface area contributed by atoms with Crippen molar-refractivity contribution in [3.63, 3.8) is 0 Å². The number of benzene rings is 1. The molecule has 8 nitrogen and oxygen atoms in total. The Morgan fingerprint density at radius 3 is 2.69 bits per heavy atom. The number of thioether (sulfide) groups is 1. The number of carbonyl (C=O) groups is 4. The first-order valence-electron chi connectivity index (χ1n) is 8.10. The minimum Gasteiger partial charge on any atom is -0.480 e. The molecule has 3 N–H and O–H groups in total. The van der Waals surface area contributed by atoms with Crippen LogP contribution in [0.5, 0.6) is 0 Å². The summed E-state index contributed by atoms with van der Waals surface area (Å²) in [6, 6.07) is 3.84. The van der Waals surface area contributed by atoms with Gasteiger partial charge in [0.1, 0.15) is 6.04 Å². The molecule has 0 aliphatic carbocycles. The number of nitrogens with zero attached hydrogens (tertiary/aromatic N) is 1. The zero-order valence-electron chi connectivity index (χ0n) is 14.7. The summed E-state index contributed by atoms with van der Waals surface area (Å²) in [5.74, 6) is -2.03. The molecule has 0 fully saturated rings. The Morgan fingerprint density at radius 2 is 2.08 bits per heavy atom. The smallest absolute Gasteiger partial charge is 0.326 e. The third kappa shape index (κ3) is 4.54. The first kappa shape index (κ1) is 19.8. The second kappa shape index (κ2) is 8.22. The van der Waals surface area contributed by atoms with Gasteiger partial charge in [-0.2, -0.15) is 0 Å². The van der Waals surface area contributed by atoms with Gasteiger partial charge >= 0.3 is 5.97 Å². The monoisotopic (exact) mass is 379 g/mol. The SMILES string of the molecule is CC(=O)NCCN(C(=O)c1ccc2c(c1)NC(=O)C(C)S2)C(C)C(=O)O. The Morgan fingerprint density at radius 1 is 1.38 bits per heavy atom. The quantitative estimate of drug-likeness (QED) is 0.683. The van der Waals surface area contributed by atoms with Gasteiger partial charge in [-0.15, -0.1) is 11.8 Å². The van der Waals surface area contributed by atoms with E-state index in [4.69, 9.17) is 0 Å². The average Bonchev–Trinajstić information content (AvgIpc) is 2.58. The highest BCUT2D eigenvalue weighted by atomic mass is 32.2. The van der Waals surface area contributed by atoms with E-state index < -0.39 is 17.9 Å². The van der Waals surface area contributed by atoms with Crippen LogP contribution in [0.2, 0.25) is 0 Å². The number of aliphatic carboxylic acids is 1. The topological polar surface area (TPSA) is 116 Å². The fraction of sp³-hybridized carbons (Fsp3) is 0.412. The van der Waals surface area contributed by atoms with E-state index in [9.17, 15) is 24.3 Å². The first-order chi connectivity index (χ1) is 12.2. The Hall–Kier alpha value is -2.55. The van der Waals surface area contributed by atoms with Crippen LogP contribution in [0, 0.1) is 0 Å². The lowest BCUT2D eigenvalue weighted by Crippen LogP contribution is -2.46. The largest absolute Gasteiger partial charge is 0.480 e. The molecule has 0 spiro atoms. The number of carboxylic acids is 1. The second-order valence-corrected chi connectivity index (χ2v) is 7.34. The van der Waals surface area contributed by atoms with Gasteiger partial charge in [0, 0.05) is 30.5 Å². The van der Waals surface area contributed by atoms with Crippen molar-refractivity contribution < 1.29 is 24.3 Å². The van der Waals surface area contributed by atoms with Gasteiger partial charge in [-0.05, 0) is 32.0 Å². The molecule has 0 saturated heterocycles. The van der Waals surface area contributed by atoms with E-state index in [0.29, 0.717) is 5.69 Å². The molecule has 1 aliphatic rings. The van der Waals surface area contributed by atoms with Gasteiger partial charge in [0.05, 0.1) is 10.9 Å². The molecular formula is C17H21N3O5S. The van der Waals surface area contributed by atoms with E-state index in [1.807, 2.05) is 0 Å². The zero-order chi connectivity index (χ0) is 19.4. The maximum atomic E-state index is 12.8. The van der Waals surface area contributed by atoms with E-state index in [2.05, 4.69) is 10.6 Å². The number of amides is 3. The summed E-state index contributed by atoms with van der Waals surface area (Å²) in [6.07, 6.45) is 0. The Balaban J connectivity index is 2.24. The van der Waals surface area contributed by atoms with Gasteiger partial charge in [0.2, 0.25) is 11.8 Å². The molecule has 9 heteroatoms. The highest BCUT2D eigenvalue weighted by molar-refractivity contribution is 8.00. The summed E-state index contributed by atoms with van der Waals surface area (Å²) in [4.78, 5) is 49.0. The average molecular weight is 379 g/mol. The minimum absolute atomic E-state index is 0.0567. The van der Waals surface area contributed by atoms with E-state index in [1.165, 1.54) is 30.5 Å². The summed E-state index contributed by atoms with van der Waals surface area (Å²) in [5.41, 5.74) is 0.809. The van der Waals surface area contributed by atoms with Gasteiger partial charge in [-0.3, -0.25) is 14.4 Å². The molecule has 0 aromatic heterocycles. The molecule has 0 bridgehead atoms. The van der Waals surface area contributed by atoms with Crippen molar-refractivity contribution in [3.05, 3.63) is 23.8 Å². The Bertz CT molecular complexity index is 752. The molecule has 1 aromatic carbocycles. The number of carbonyl (C=O) groups excluding carboxylic acids is 3. The van der Waals surface area contributed by atoms with Crippen LogP contribution < -0.4 is 10.6 Å². The van der Waals surface area contributed by atoms with Gasteiger partial charge in [-0.1, -0.05) is 0 Å². The standard InChI is InChI=1S/C17H21N3O5S/c1-9(17(24)25)20(7-6-18-11(3)21)16(23)12-4-5-14-13(8-12)19-15(22)10(2)26-14/h4-5,8-10H,6-7H2,1-3H3,(H,18,21)(H,19,22)(H,24,25). The van der Waals surface area contributed by atoms with Gasteiger partial charge < -0.3 is 20.6 Å². The lowest BCUT2D eigenvalue weighted by Gasteiger charge is -2.27. The molecule has 0 radical (unpaired) electrons. The fourth-order valence-corrected chi connectivity index (χ4v) is 3.39. The zero-order valence-corrected chi connectivity index (χ0v) is 15.6. The molecule has 2 atom stereocenters. The lowest BCUT2D eigenvalue weighted by molar-refractivity contribution is -0.141. The second-order valence-electron chi connectivity index (χ2n) is 5.96. The number of rotatable bonds is 6. The summed E-state index contributed by atoms with van der Waals surface area (Å²) < 4.78 is 0. The summed E-state index contributed by atoms with van der Waals surface area (Å²) in [7, 11) is 0. The molecule has 2 rings (SSSR count). The number of hydrogen-bond donors (Lipinski definition) is 3. The van der Waals surface area contributed by atoms with Gasteiger partial charge in [0.25, 0.3) is 5.91 Å². The van der Waals surface area contributed by atoms with Crippen LogP contribution in [-0.2, 0) is 14.4 Å². The molecule has 140 valence electrons. The highest BCUT2D eigenvalue weighted by Crippen LogP contribution is 2.36. The number of fused-ring (bicyclic) bond motifs is 1. The molecule has 1 aromatic rings. The Labute approximate surface area is 155 Å². The van der Waals surface area contributed by atoms with E-state index in [1.54, 1.807) is 25.1 Å². The van der Waals surface area contributed by atoms with Crippen molar-refractivity contribution in [3.8, 4) is 0 Å². The maximum absolute atomic E-state index is 12.8. The van der Waals surface area contributed by atoms with Crippen molar-refractivity contribution in [2.75, 3.05) is 18.4 Å². The highest BCUT2D eigenvalue weighted by Gasteiger charge is 2.28. The number of carboxylic acid groups (broad SMARTS) is 1. The van der Waals surface area contributed by atoms with Crippen LogP contribution in [0.3, 0.4) is 0 Å². The molecule has 0 saturated carbocycles. The summed E-state index contributed by atoms with van der Waals surface area (Å²) in [6.45, 7) is 4.75. The third-order valence-electron chi connectivity index (χ3n) is 3.97. The van der Waals surface area contributed by atoms with Crippen LogP contribution in [0.15, 0.2) is 23.1 Å². The number of hydrogen-bond acceptors (Lipinski definition) is 5. The van der Waals surface area contributed by atoms with Crippen LogP contribution in [0.25, 0.3) is 0 Å². The Kier molecular flexibility index (Phi) is 6.25. The van der Waals surface area contributed by atoms with Crippen LogP contribution >= 0.6 is 11.8 Å². The van der Waals surface area contributed by atoms with E-state index in [-0.39, 0.29) is 35.7 Å². The molecule has 1 heterocycles.